The summed E-state index contributed by atoms with van der Waals surface area (Å²) in [7, 11) is -3.53. The summed E-state index contributed by atoms with van der Waals surface area (Å²) in [6, 6.07) is 1.82. The molecule has 1 saturated carbocycles. The molecule has 118 valence electrons. The molecule has 21 heavy (non-hydrogen) atoms. The van der Waals surface area contributed by atoms with E-state index in [1.54, 1.807) is 6.92 Å². The van der Waals surface area contributed by atoms with Crippen molar-refractivity contribution in [1.82, 2.24) is 4.72 Å². The maximum atomic E-state index is 12.7. The van der Waals surface area contributed by atoms with Gasteiger partial charge in [0.2, 0.25) is 10.0 Å². The van der Waals surface area contributed by atoms with Crippen LogP contribution in [0.5, 0.6) is 0 Å². The summed E-state index contributed by atoms with van der Waals surface area (Å²) in [5.74, 6) is 0.447. The Morgan fingerprint density at radius 1 is 1.19 bits per heavy atom. The summed E-state index contributed by atoms with van der Waals surface area (Å²) >= 11 is 0. The second kappa shape index (κ2) is 5.97. The van der Waals surface area contributed by atoms with Gasteiger partial charge in [-0.2, -0.15) is 0 Å². The number of hydrogen-bond acceptors (Lipinski definition) is 3. The van der Waals surface area contributed by atoms with E-state index in [0.29, 0.717) is 22.1 Å². The van der Waals surface area contributed by atoms with Gasteiger partial charge in [-0.05, 0) is 63.1 Å². The average molecular weight is 310 g/mol. The highest BCUT2D eigenvalue weighted by molar-refractivity contribution is 7.89. The number of nitrogens with one attached hydrogen (secondary N) is 1. The van der Waals surface area contributed by atoms with Crippen molar-refractivity contribution in [2.75, 3.05) is 5.73 Å². The summed E-state index contributed by atoms with van der Waals surface area (Å²) in [4.78, 5) is 0.343. The Labute approximate surface area is 128 Å². The number of aryl methyl sites for hydroxylation is 2. The molecule has 2 rings (SSSR count). The quantitative estimate of drug-likeness (QED) is 0.840. The minimum Gasteiger partial charge on any atom is -0.398 e. The lowest BCUT2D eigenvalue weighted by molar-refractivity contribution is 0.424. The van der Waals surface area contributed by atoms with Gasteiger partial charge >= 0.3 is 0 Å². The van der Waals surface area contributed by atoms with Crippen molar-refractivity contribution < 1.29 is 8.42 Å². The van der Waals surface area contributed by atoms with Gasteiger partial charge in [0, 0.05) is 11.7 Å². The molecule has 0 heterocycles. The normalized spacial score (nSPS) is 18.1. The number of nitrogen functional groups attached to an aromatic ring is 1. The van der Waals surface area contributed by atoms with E-state index in [1.165, 1.54) is 12.8 Å². The molecule has 0 aliphatic heterocycles. The Hall–Kier alpha value is -1.07. The van der Waals surface area contributed by atoms with E-state index in [-0.39, 0.29) is 6.04 Å². The molecule has 1 aromatic carbocycles. The van der Waals surface area contributed by atoms with Crippen molar-refractivity contribution in [3.63, 3.8) is 0 Å². The monoisotopic (exact) mass is 310 g/mol. The second-order valence-electron chi connectivity index (χ2n) is 6.33. The van der Waals surface area contributed by atoms with Crippen molar-refractivity contribution in [3.8, 4) is 0 Å². The molecule has 4 nitrogen and oxygen atoms in total. The predicted molar refractivity (Wildman–Crippen MR) is 86.8 cm³/mol. The molecule has 1 aliphatic rings. The fourth-order valence-electron chi connectivity index (χ4n) is 3.45. The summed E-state index contributed by atoms with van der Waals surface area (Å²) in [6.07, 6.45) is 4.62. The zero-order valence-corrected chi connectivity index (χ0v) is 14.2. The molecule has 0 bridgehead atoms. The van der Waals surface area contributed by atoms with E-state index in [9.17, 15) is 8.42 Å². The van der Waals surface area contributed by atoms with E-state index in [0.717, 1.165) is 24.0 Å². The summed E-state index contributed by atoms with van der Waals surface area (Å²) in [6.45, 7) is 7.48. The SMILES string of the molecule is Cc1cc(C)c(S(=O)(=O)NC(C)C2CCCC2)c(C)c1N. The highest BCUT2D eigenvalue weighted by Gasteiger charge is 2.28. The van der Waals surface area contributed by atoms with E-state index in [4.69, 9.17) is 5.73 Å². The van der Waals surface area contributed by atoms with Crippen LogP contribution in [0.1, 0.15) is 49.3 Å². The first-order valence-electron chi connectivity index (χ1n) is 7.62. The molecule has 1 unspecified atom stereocenters. The van der Waals surface area contributed by atoms with Crippen molar-refractivity contribution in [3.05, 3.63) is 22.8 Å². The summed E-state index contributed by atoms with van der Waals surface area (Å²) in [5, 5.41) is 0. The Morgan fingerprint density at radius 3 is 2.33 bits per heavy atom. The maximum Gasteiger partial charge on any atom is 0.241 e. The Balaban J connectivity index is 2.33. The van der Waals surface area contributed by atoms with Gasteiger partial charge in [0.05, 0.1) is 4.90 Å². The fraction of sp³-hybridized carbons (Fsp3) is 0.625. The van der Waals surface area contributed by atoms with E-state index in [2.05, 4.69) is 4.72 Å². The van der Waals surface area contributed by atoms with Gasteiger partial charge in [-0.1, -0.05) is 18.9 Å². The molecular formula is C16H26N2O2S. The molecule has 1 aromatic rings. The third-order valence-corrected chi connectivity index (χ3v) is 6.53. The van der Waals surface area contributed by atoms with Crippen molar-refractivity contribution >= 4 is 15.7 Å². The van der Waals surface area contributed by atoms with Crippen LogP contribution in [0.2, 0.25) is 0 Å². The molecule has 0 saturated heterocycles. The van der Waals surface area contributed by atoms with Crippen LogP contribution in [-0.2, 0) is 10.0 Å². The lowest BCUT2D eigenvalue weighted by atomic mass is 10.0. The Morgan fingerprint density at radius 2 is 1.76 bits per heavy atom. The predicted octanol–water partition coefficient (Wildman–Crippen LogP) is 3.05. The molecule has 0 amide bonds. The van der Waals surface area contributed by atoms with Gasteiger partial charge in [-0.15, -0.1) is 0 Å². The van der Waals surface area contributed by atoms with Gasteiger partial charge in [-0.3, -0.25) is 0 Å². The van der Waals surface area contributed by atoms with Crippen molar-refractivity contribution in [1.29, 1.82) is 0 Å². The fourth-order valence-corrected chi connectivity index (χ4v) is 5.25. The van der Waals surface area contributed by atoms with Crippen LogP contribution in [0.25, 0.3) is 0 Å². The molecular weight excluding hydrogens is 284 g/mol. The average Bonchev–Trinajstić information content (AvgIpc) is 2.89. The molecule has 0 aromatic heterocycles. The molecule has 0 radical (unpaired) electrons. The molecule has 0 spiro atoms. The third kappa shape index (κ3) is 3.24. The second-order valence-corrected chi connectivity index (χ2v) is 7.98. The van der Waals surface area contributed by atoms with Crippen LogP contribution in [-0.4, -0.2) is 14.5 Å². The topological polar surface area (TPSA) is 72.2 Å². The third-order valence-electron chi connectivity index (χ3n) is 4.68. The Bertz CT molecular complexity index is 632. The van der Waals surface area contributed by atoms with Gasteiger partial charge in [0.1, 0.15) is 0 Å². The number of benzene rings is 1. The zero-order chi connectivity index (χ0) is 15.8. The molecule has 3 N–H and O–H groups in total. The Kier molecular flexibility index (Phi) is 4.63. The minimum absolute atomic E-state index is 0.0289. The first-order chi connectivity index (χ1) is 9.74. The molecule has 1 atom stereocenters. The van der Waals surface area contributed by atoms with Gasteiger partial charge in [0.15, 0.2) is 0 Å². The standard InChI is InChI=1S/C16H26N2O2S/c1-10-9-11(2)16(12(3)15(10)17)21(19,20)18-13(4)14-7-5-6-8-14/h9,13-14,18H,5-8,17H2,1-4H3. The molecule has 1 fully saturated rings. The number of hydrogen-bond donors (Lipinski definition) is 2. The van der Waals surface area contributed by atoms with E-state index in [1.807, 2.05) is 26.8 Å². The van der Waals surface area contributed by atoms with Gasteiger partial charge in [0.25, 0.3) is 0 Å². The first-order valence-corrected chi connectivity index (χ1v) is 9.11. The molecule has 1 aliphatic carbocycles. The zero-order valence-electron chi connectivity index (χ0n) is 13.4. The van der Waals surface area contributed by atoms with Crippen molar-refractivity contribution in [2.24, 2.45) is 5.92 Å². The highest BCUT2D eigenvalue weighted by atomic mass is 32.2. The number of rotatable bonds is 4. The van der Waals surface area contributed by atoms with E-state index >= 15 is 0 Å². The number of sulfonamides is 1. The number of nitrogens with two attached hydrogens (primary N) is 1. The van der Waals surface area contributed by atoms with Crippen LogP contribution in [0.3, 0.4) is 0 Å². The maximum absolute atomic E-state index is 12.7. The van der Waals surface area contributed by atoms with Crippen LogP contribution in [0.15, 0.2) is 11.0 Å². The lowest BCUT2D eigenvalue weighted by Gasteiger charge is -2.22. The van der Waals surface area contributed by atoms with Crippen LogP contribution < -0.4 is 10.5 Å². The molecule has 5 heteroatoms. The van der Waals surface area contributed by atoms with Gasteiger partial charge < -0.3 is 5.73 Å². The van der Waals surface area contributed by atoms with Crippen LogP contribution >= 0.6 is 0 Å². The highest BCUT2D eigenvalue weighted by Crippen LogP contribution is 2.31. The van der Waals surface area contributed by atoms with Crippen LogP contribution in [0, 0.1) is 26.7 Å². The smallest absolute Gasteiger partial charge is 0.241 e. The largest absolute Gasteiger partial charge is 0.398 e. The van der Waals surface area contributed by atoms with Crippen molar-refractivity contribution in [2.45, 2.75) is 64.3 Å². The first kappa shape index (κ1) is 16.3. The minimum atomic E-state index is -3.53. The lowest BCUT2D eigenvalue weighted by Crippen LogP contribution is -2.37. The summed E-state index contributed by atoms with van der Waals surface area (Å²) in [5.41, 5.74) is 8.90. The summed E-state index contributed by atoms with van der Waals surface area (Å²) < 4.78 is 28.3. The van der Waals surface area contributed by atoms with Crippen LogP contribution in [0.4, 0.5) is 5.69 Å². The number of anilines is 1. The van der Waals surface area contributed by atoms with E-state index < -0.39 is 10.0 Å². The van der Waals surface area contributed by atoms with Gasteiger partial charge in [-0.25, -0.2) is 13.1 Å².